The van der Waals surface area contributed by atoms with Crippen molar-refractivity contribution in [2.45, 2.75) is 13.3 Å². The number of hydrogen-bond donors (Lipinski definition) is 1. The molecule has 0 radical (unpaired) electrons. The predicted octanol–water partition coefficient (Wildman–Crippen LogP) is 2.22. The van der Waals surface area contributed by atoms with E-state index in [9.17, 15) is 0 Å². The molecule has 0 spiro atoms. The van der Waals surface area contributed by atoms with Gasteiger partial charge in [0.25, 0.3) is 0 Å². The lowest BCUT2D eigenvalue weighted by Gasteiger charge is -2.27. The minimum atomic E-state index is 0.904. The summed E-state index contributed by atoms with van der Waals surface area (Å²) in [6, 6.07) is 2.05. The molecule has 1 aliphatic heterocycles. The van der Waals surface area contributed by atoms with Crippen LogP contribution in [0.4, 0.5) is 0 Å². The first-order valence-corrected chi connectivity index (χ1v) is 7.79. The fourth-order valence-electron chi connectivity index (χ4n) is 2.64. The van der Waals surface area contributed by atoms with E-state index in [2.05, 4.69) is 32.2 Å². The first-order chi connectivity index (χ1) is 9.67. The second kappa shape index (κ2) is 7.29. The minimum absolute atomic E-state index is 0.904. The Morgan fingerprint density at radius 2 is 1.95 bits per heavy atom. The van der Waals surface area contributed by atoms with Crippen molar-refractivity contribution in [2.24, 2.45) is 0 Å². The van der Waals surface area contributed by atoms with Crippen LogP contribution in [0.5, 0.6) is 11.5 Å². The number of hydrogen-bond acceptors (Lipinski definition) is 4. The Morgan fingerprint density at radius 3 is 2.55 bits per heavy atom. The fraction of sp³-hybridized carbons (Fsp3) is 0.600. The summed E-state index contributed by atoms with van der Waals surface area (Å²) in [6.45, 7) is 7.46. The second-order valence-electron chi connectivity index (χ2n) is 5.06. The number of aryl methyl sites for hydroxylation is 1. The van der Waals surface area contributed by atoms with Crippen molar-refractivity contribution < 1.29 is 9.47 Å². The number of methoxy groups -OCH3 is 2. The van der Waals surface area contributed by atoms with Gasteiger partial charge in [-0.3, -0.25) is 0 Å². The first-order valence-electron chi connectivity index (χ1n) is 7.00. The molecule has 5 heteroatoms. The van der Waals surface area contributed by atoms with Crippen molar-refractivity contribution in [1.82, 2.24) is 10.2 Å². The van der Waals surface area contributed by atoms with E-state index in [1.165, 1.54) is 5.56 Å². The van der Waals surface area contributed by atoms with Crippen LogP contribution in [-0.2, 0) is 6.42 Å². The number of nitrogens with zero attached hydrogens (tertiary/aromatic N) is 1. The van der Waals surface area contributed by atoms with Gasteiger partial charge in [0, 0.05) is 38.3 Å². The van der Waals surface area contributed by atoms with Crippen molar-refractivity contribution >= 4 is 15.9 Å². The summed E-state index contributed by atoms with van der Waals surface area (Å²) in [5.74, 6) is 1.84. The molecule has 112 valence electrons. The minimum Gasteiger partial charge on any atom is -0.496 e. The van der Waals surface area contributed by atoms with Gasteiger partial charge < -0.3 is 19.7 Å². The SMILES string of the molecule is COc1cc(C)c(OC)c(Br)c1CCN1CCNCC1. The number of ether oxygens (including phenoxy) is 2. The highest BCUT2D eigenvalue weighted by atomic mass is 79.9. The van der Waals surface area contributed by atoms with Gasteiger partial charge in [-0.1, -0.05) is 0 Å². The van der Waals surface area contributed by atoms with Crippen molar-refractivity contribution in [3.05, 3.63) is 21.7 Å². The smallest absolute Gasteiger partial charge is 0.136 e. The molecule has 0 bridgehead atoms. The summed E-state index contributed by atoms with van der Waals surface area (Å²) in [5.41, 5.74) is 2.27. The van der Waals surface area contributed by atoms with Crippen LogP contribution in [-0.4, -0.2) is 51.8 Å². The van der Waals surface area contributed by atoms with Crippen LogP contribution in [0.25, 0.3) is 0 Å². The van der Waals surface area contributed by atoms with Crippen LogP contribution in [0.3, 0.4) is 0 Å². The molecule has 20 heavy (non-hydrogen) atoms. The average molecular weight is 343 g/mol. The molecule has 0 saturated carbocycles. The maximum atomic E-state index is 5.53. The molecule has 1 aliphatic rings. The van der Waals surface area contributed by atoms with Gasteiger partial charge >= 0.3 is 0 Å². The summed E-state index contributed by atoms with van der Waals surface area (Å²) in [7, 11) is 3.43. The Balaban J connectivity index is 2.16. The number of halogens is 1. The largest absolute Gasteiger partial charge is 0.496 e. The van der Waals surface area contributed by atoms with E-state index in [-0.39, 0.29) is 0 Å². The van der Waals surface area contributed by atoms with E-state index in [0.29, 0.717) is 0 Å². The number of benzene rings is 1. The van der Waals surface area contributed by atoms with Gasteiger partial charge in [-0.2, -0.15) is 0 Å². The van der Waals surface area contributed by atoms with Crippen LogP contribution in [0.2, 0.25) is 0 Å². The summed E-state index contributed by atoms with van der Waals surface area (Å²) >= 11 is 3.67. The van der Waals surface area contributed by atoms with Gasteiger partial charge in [0.2, 0.25) is 0 Å². The van der Waals surface area contributed by atoms with E-state index in [0.717, 1.165) is 60.7 Å². The highest BCUT2D eigenvalue weighted by Gasteiger charge is 2.17. The van der Waals surface area contributed by atoms with Crippen LogP contribution >= 0.6 is 15.9 Å². The van der Waals surface area contributed by atoms with E-state index in [1.54, 1.807) is 14.2 Å². The van der Waals surface area contributed by atoms with Crippen molar-refractivity contribution in [1.29, 1.82) is 0 Å². The maximum Gasteiger partial charge on any atom is 0.136 e. The third-order valence-corrected chi connectivity index (χ3v) is 4.62. The maximum absolute atomic E-state index is 5.53. The van der Waals surface area contributed by atoms with E-state index in [1.807, 2.05) is 6.92 Å². The Hall–Kier alpha value is -0.780. The molecular formula is C15H23BrN2O2. The molecule has 0 unspecified atom stereocenters. The Bertz CT molecular complexity index is 460. The molecule has 0 atom stereocenters. The first kappa shape index (κ1) is 15.6. The number of piperazine rings is 1. The van der Waals surface area contributed by atoms with Gasteiger partial charge in [0.1, 0.15) is 11.5 Å². The van der Waals surface area contributed by atoms with E-state index in [4.69, 9.17) is 9.47 Å². The summed E-state index contributed by atoms with van der Waals surface area (Å²) in [6.07, 6.45) is 0.959. The lowest BCUT2D eigenvalue weighted by Crippen LogP contribution is -2.44. The molecule has 1 saturated heterocycles. The zero-order chi connectivity index (χ0) is 14.5. The monoisotopic (exact) mass is 342 g/mol. The fourth-order valence-corrected chi connectivity index (χ4v) is 3.51. The Labute approximate surface area is 129 Å². The summed E-state index contributed by atoms with van der Waals surface area (Å²) in [4.78, 5) is 2.48. The zero-order valence-electron chi connectivity index (χ0n) is 12.5. The molecular weight excluding hydrogens is 320 g/mol. The molecule has 1 aromatic rings. The number of rotatable bonds is 5. The molecule has 1 fully saturated rings. The van der Waals surface area contributed by atoms with Crippen molar-refractivity contribution in [2.75, 3.05) is 46.9 Å². The predicted molar refractivity (Wildman–Crippen MR) is 85.0 cm³/mol. The highest BCUT2D eigenvalue weighted by molar-refractivity contribution is 9.10. The summed E-state index contributed by atoms with van der Waals surface area (Å²) in [5, 5.41) is 3.38. The van der Waals surface area contributed by atoms with E-state index >= 15 is 0 Å². The Morgan fingerprint density at radius 1 is 1.25 bits per heavy atom. The van der Waals surface area contributed by atoms with Crippen LogP contribution < -0.4 is 14.8 Å². The van der Waals surface area contributed by atoms with Gasteiger partial charge in [0.05, 0.1) is 18.7 Å². The third kappa shape index (κ3) is 3.45. The molecule has 4 nitrogen and oxygen atoms in total. The zero-order valence-corrected chi connectivity index (χ0v) is 14.0. The van der Waals surface area contributed by atoms with Gasteiger partial charge in [-0.25, -0.2) is 0 Å². The highest BCUT2D eigenvalue weighted by Crippen LogP contribution is 2.38. The third-order valence-electron chi connectivity index (χ3n) is 3.78. The van der Waals surface area contributed by atoms with Gasteiger partial charge in [-0.05, 0) is 40.9 Å². The molecule has 1 N–H and O–H groups in total. The average Bonchev–Trinajstić information content (AvgIpc) is 2.47. The molecule has 0 aromatic heterocycles. The van der Waals surface area contributed by atoms with Crippen molar-refractivity contribution in [3.8, 4) is 11.5 Å². The van der Waals surface area contributed by atoms with Gasteiger partial charge in [0.15, 0.2) is 0 Å². The molecule has 1 aromatic carbocycles. The standard InChI is InChI=1S/C15H23BrN2O2/c1-11-10-13(19-2)12(14(16)15(11)20-3)4-7-18-8-5-17-6-9-18/h10,17H,4-9H2,1-3H3. The lowest BCUT2D eigenvalue weighted by atomic mass is 10.1. The molecule has 1 heterocycles. The topological polar surface area (TPSA) is 33.7 Å². The second-order valence-corrected chi connectivity index (χ2v) is 5.86. The molecule has 2 rings (SSSR count). The lowest BCUT2D eigenvalue weighted by molar-refractivity contribution is 0.243. The molecule has 0 amide bonds. The van der Waals surface area contributed by atoms with Crippen LogP contribution in [0.15, 0.2) is 10.5 Å². The Kier molecular flexibility index (Phi) is 5.69. The summed E-state index contributed by atoms with van der Waals surface area (Å²) < 4.78 is 12.0. The number of nitrogens with one attached hydrogen (secondary N) is 1. The van der Waals surface area contributed by atoms with Gasteiger partial charge in [-0.15, -0.1) is 0 Å². The normalized spacial score (nSPS) is 16.2. The quantitative estimate of drug-likeness (QED) is 0.889. The van der Waals surface area contributed by atoms with E-state index < -0.39 is 0 Å². The van der Waals surface area contributed by atoms with Crippen LogP contribution in [0, 0.1) is 6.92 Å². The van der Waals surface area contributed by atoms with Crippen molar-refractivity contribution in [3.63, 3.8) is 0 Å². The molecule has 0 aliphatic carbocycles. The van der Waals surface area contributed by atoms with Crippen LogP contribution in [0.1, 0.15) is 11.1 Å².